The average Bonchev–Trinajstić information content (AvgIpc) is 3.33. The first-order valence-electron chi connectivity index (χ1n) is 10.7. The van der Waals surface area contributed by atoms with Crippen molar-refractivity contribution in [2.24, 2.45) is 5.92 Å². The molecule has 2 fully saturated rings. The zero-order valence-corrected chi connectivity index (χ0v) is 17.7. The Hall–Kier alpha value is -2.70. The second kappa shape index (κ2) is 10.6. The van der Waals surface area contributed by atoms with E-state index in [1.54, 1.807) is 11.0 Å². The summed E-state index contributed by atoms with van der Waals surface area (Å²) in [4.78, 5) is 28.6. The zero-order chi connectivity index (χ0) is 22.4. The normalized spacial score (nSPS) is 19.0. The number of aliphatic hydroxyl groups excluding tert-OH is 1. The highest BCUT2D eigenvalue weighted by Crippen LogP contribution is 2.26. The van der Waals surface area contributed by atoms with Crippen molar-refractivity contribution in [2.75, 3.05) is 44.7 Å². The number of nitrogens with one attached hydrogen (secondary N) is 1. The highest BCUT2D eigenvalue weighted by Gasteiger charge is 2.36. The van der Waals surface area contributed by atoms with Crippen LogP contribution in [0.1, 0.15) is 31.2 Å². The Kier molecular flexibility index (Phi) is 7.82. The predicted molar refractivity (Wildman–Crippen MR) is 112 cm³/mol. The van der Waals surface area contributed by atoms with Gasteiger partial charge in [0.2, 0.25) is 0 Å². The van der Waals surface area contributed by atoms with Gasteiger partial charge >= 0.3 is 0 Å². The second-order valence-electron chi connectivity index (χ2n) is 8.08. The van der Waals surface area contributed by atoms with Gasteiger partial charge in [-0.3, -0.25) is 9.59 Å². The first kappa shape index (κ1) is 23.0. The highest BCUT2D eigenvalue weighted by atomic mass is 19.1. The van der Waals surface area contributed by atoms with E-state index in [0.717, 1.165) is 25.7 Å². The van der Waals surface area contributed by atoms with Crippen LogP contribution in [0, 0.1) is 23.1 Å². The summed E-state index contributed by atoms with van der Waals surface area (Å²) < 4.78 is 18.5. The molecule has 168 valence electrons. The maximum Gasteiger partial charge on any atom is 0.254 e. The Morgan fingerprint density at radius 3 is 2.58 bits per heavy atom. The first-order chi connectivity index (χ1) is 14.9. The van der Waals surface area contributed by atoms with Crippen LogP contribution in [0.15, 0.2) is 18.2 Å². The number of carbonyl (C=O) groups excluding carboxylic acids is 2. The van der Waals surface area contributed by atoms with Gasteiger partial charge in [-0.2, -0.15) is 5.26 Å². The first-order valence-corrected chi connectivity index (χ1v) is 10.7. The quantitative estimate of drug-likeness (QED) is 0.667. The van der Waals surface area contributed by atoms with Crippen molar-refractivity contribution in [3.8, 4) is 6.07 Å². The molecule has 0 aliphatic carbocycles. The lowest BCUT2D eigenvalue weighted by atomic mass is 9.95. The molecule has 2 N–H and O–H groups in total. The predicted octanol–water partition coefficient (Wildman–Crippen LogP) is 1.03. The number of carbonyl (C=O) groups is 2. The zero-order valence-electron chi connectivity index (χ0n) is 17.7. The number of anilines is 1. The number of ether oxygens (including phenoxy) is 1. The number of piperidine rings is 1. The van der Waals surface area contributed by atoms with Gasteiger partial charge in [0, 0.05) is 39.8 Å². The molecular formula is C22H29FN4O4. The number of nitriles is 1. The molecule has 1 aromatic rings. The van der Waals surface area contributed by atoms with E-state index in [-0.39, 0.29) is 11.8 Å². The molecule has 2 saturated heterocycles. The summed E-state index contributed by atoms with van der Waals surface area (Å²) in [5.41, 5.74) is 1.02. The van der Waals surface area contributed by atoms with Gasteiger partial charge in [0.1, 0.15) is 11.9 Å². The minimum atomic E-state index is -1.56. The fourth-order valence-corrected chi connectivity index (χ4v) is 4.22. The fraction of sp³-hybridized carbons (Fsp3) is 0.591. The molecule has 0 bridgehead atoms. The van der Waals surface area contributed by atoms with Crippen LogP contribution in [0.4, 0.5) is 10.1 Å². The maximum atomic E-state index is 13.4. The number of rotatable bonds is 7. The van der Waals surface area contributed by atoms with Crippen molar-refractivity contribution in [3.63, 3.8) is 0 Å². The van der Waals surface area contributed by atoms with Gasteiger partial charge in [-0.1, -0.05) is 0 Å². The number of methoxy groups -OCH3 is 1. The third-order valence-electron chi connectivity index (χ3n) is 6.07. The molecule has 2 heterocycles. The summed E-state index contributed by atoms with van der Waals surface area (Å²) in [5.74, 6) is -1.21. The summed E-state index contributed by atoms with van der Waals surface area (Å²) >= 11 is 0. The average molecular weight is 432 g/mol. The van der Waals surface area contributed by atoms with Crippen molar-refractivity contribution in [1.82, 2.24) is 10.2 Å². The van der Waals surface area contributed by atoms with Gasteiger partial charge in [-0.25, -0.2) is 4.39 Å². The third-order valence-corrected chi connectivity index (χ3v) is 6.07. The minimum Gasteiger partial charge on any atom is -0.380 e. The van der Waals surface area contributed by atoms with Crippen LogP contribution >= 0.6 is 0 Å². The number of halogens is 1. The Morgan fingerprint density at radius 2 is 1.97 bits per heavy atom. The van der Waals surface area contributed by atoms with Gasteiger partial charge in [-0.05, 0) is 49.8 Å². The summed E-state index contributed by atoms with van der Waals surface area (Å²) in [6.07, 6.45) is 0.616. The van der Waals surface area contributed by atoms with E-state index < -0.39 is 23.9 Å². The van der Waals surface area contributed by atoms with E-state index in [2.05, 4.69) is 5.32 Å². The van der Waals surface area contributed by atoms with E-state index in [1.807, 2.05) is 11.0 Å². The number of amides is 2. The maximum absolute atomic E-state index is 13.4. The molecule has 2 atom stereocenters. The third kappa shape index (κ3) is 5.51. The summed E-state index contributed by atoms with van der Waals surface area (Å²) in [7, 11) is 1.32. The molecule has 2 amide bonds. The number of hydrogen-bond acceptors (Lipinski definition) is 6. The molecule has 0 aromatic heterocycles. The van der Waals surface area contributed by atoms with Crippen LogP contribution in [0.5, 0.6) is 0 Å². The van der Waals surface area contributed by atoms with Crippen molar-refractivity contribution >= 4 is 17.5 Å². The van der Waals surface area contributed by atoms with Crippen LogP contribution in [0.25, 0.3) is 0 Å². The molecule has 0 saturated carbocycles. The summed E-state index contributed by atoms with van der Waals surface area (Å²) in [5, 5.41) is 22.3. The van der Waals surface area contributed by atoms with Gasteiger partial charge in [0.15, 0.2) is 12.2 Å². The molecule has 0 unspecified atom stereocenters. The summed E-state index contributed by atoms with van der Waals surface area (Å²) in [6, 6.07) is 6.23. The number of hydrogen-bond donors (Lipinski definition) is 2. The van der Waals surface area contributed by atoms with Gasteiger partial charge in [0.05, 0.1) is 11.3 Å². The lowest BCUT2D eigenvalue weighted by Gasteiger charge is -2.34. The van der Waals surface area contributed by atoms with Crippen molar-refractivity contribution < 1.29 is 23.8 Å². The van der Waals surface area contributed by atoms with Gasteiger partial charge < -0.3 is 25.0 Å². The monoisotopic (exact) mass is 432 g/mol. The van der Waals surface area contributed by atoms with Gasteiger partial charge in [-0.15, -0.1) is 0 Å². The molecule has 3 rings (SSSR count). The van der Waals surface area contributed by atoms with Crippen LogP contribution in [0.3, 0.4) is 0 Å². The van der Waals surface area contributed by atoms with E-state index in [1.165, 1.54) is 19.2 Å². The Morgan fingerprint density at radius 1 is 1.29 bits per heavy atom. The molecule has 0 spiro atoms. The van der Waals surface area contributed by atoms with Crippen molar-refractivity contribution in [2.45, 2.75) is 37.9 Å². The lowest BCUT2D eigenvalue weighted by Crippen LogP contribution is -2.52. The molecule has 31 heavy (non-hydrogen) atoms. The molecule has 2 aliphatic heterocycles. The smallest absolute Gasteiger partial charge is 0.254 e. The lowest BCUT2D eigenvalue weighted by molar-refractivity contribution is -0.155. The Labute approximate surface area is 181 Å². The molecule has 0 radical (unpaired) electrons. The van der Waals surface area contributed by atoms with E-state index in [9.17, 15) is 24.3 Å². The van der Waals surface area contributed by atoms with Crippen LogP contribution < -0.4 is 10.2 Å². The number of nitrogens with zero attached hydrogens (tertiary/aromatic N) is 3. The highest BCUT2D eigenvalue weighted by molar-refractivity contribution is 5.91. The number of likely N-dealkylation sites (tertiary alicyclic amines) is 1. The number of aliphatic hydroxyl groups is 1. The Bertz CT molecular complexity index is 829. The standard InChI is InChI=1S/C22H29FN4O4/c1-31-20(22(30)27-8-2-3-9-27)19(28)21(29)25-14-15-6-10-26(11-7-15)18-5-4-17(23)12-16(18)13-24/h4-5,12,15,19-20,28H,2-3,6-11,14H2,1H3,(H,25,29)/t19-,20-/m1/s1. The topological polar surface area (TPSA) is 106 Å². The van der Waals surface area contributed by atoms with Crippen molar-refractivity contribution in [3.05, 3.63) is 29.6 Å². The van der Waals surface area contributed by atoms with Gasteiger partial charge in [0.25, 0.3) is 11.8 Å². The fourth-order valence-electron chi connectivity index (χ4n) is 4.22. The van der Waals surface area contributed by atoms with Crippen LogP contribution in [0.2, 0.25) is 0 Å². The number of benzene rings is 1. The van der Waals surface area contributed by atoms with E-state index >= 15 is 0 Å². The Balaban J connectivity index is 1.48. The van der Waals surface area contributed by atoms with Crippen LogP contribution in [-0.4, -0.2) is 73.9 Å². The molecule has 8 nitrogen and oxygen atoms in total. The SMILES string of the molecule is CO[C@@H](C(=O)N1CCCC1)[C@@H](O)C(=O)NCC1CCN(c2ccc(F)cc2C#N)CC1. The summed E-state index contributed by atoms with van der Waals surface area (Å²) in [6.45, 7) is 2.97. The van der Waals surface area contributed by atoms with Crippen LogP contribution in [-0.2, 0) is 14.3 Å². The molecule has 1 aromatic carbocycles. The minimum absolute atomic E-state index is 0.202. The molecular weight excluding hydrogens is 403 g/mol. The largest absolute Gasteiger partial charge is 0.380 e. The van der Waals surface area contributed by atoms with Crippen molar-refractivity contribution in [1.29, 1.82) is 5.26 Å². The van der Waals surface area contributed by atoms with E-state index in [0.29, 0.717) is 44.0 Å². The molecule has 2 aliphatic rings. The molecule has 9 heteroatoms. The van der Waals surface area contributed by atoms with E-state index in [4.69, 9.17) is 4.74 Å². The second-order valence-corrected chi connectivity index (χ2v) is 8.08.